The molecule has 168 valence electrons. The zero-order chi connectivity index (χ0) is 22.0. The van der Waals surface area contributed by atoms with E-state index >= 15 is 0 Å². The van der Waals surface area contributed by atoms with Gasteiger partial charge in [0.05, 0.1) is 12.7 Å². The van der Waals surface area contributed by atoms with Gasteiger partial charge < -0.3 is 19.9 Å². The van der Waals surface area contributed by atoms with Gasteiger partial charge in [0, 0.05) is 18.5 Å². The van der Waals surface area contributed by atoms with Gasteiger partial charge in [0.2, 0.25) is 0 Å². The largest absolute Gasteiger partial charge is 0.465 e. The number of hydrogen-bond acceptors (Lipinski definition) is 7. The van der Waals surface area contributed by atoms with E-state index < -0.39 is 5.97 Å². The molecule has 1 aliphatic rings. The van der Waals surface area contributed by atoms with Crippen LogP contribution >= 0.6 is 0 Å². The Balaban J connectivity index is 0.000000346. The van der Waals surface area contributed by atoms with Crippen molar-refractivity contribution in [1.82, 2.24) is 0 Å². The first-order valence-corrected chi connectivity index (χ1v) is 10.8. The highest BCUT2D eigenvalue weighted by Gasteiger charge is 2.07. The minimum atomic E-state index is -0.400. The molecule has 2 rings (SSSR count). The van der Waals surface area contributed by atoms with Crippen molar-refractivity contribution in [3.8, 4) is 0 Å². The van der Waals surface area contributed by atoms with Crippen molar-refractivity contribution < 1.29 is 28.6 Å². The molecule has 0 aromatic heterocycles. The summed E-state index contributed by atoms with van der Waals surface area (Å²) in [5.74, 6) is -0.760. The fourth-order valence-corrected chi connectivity index (χ4v) is 3.02. The van der Waals surface area contributed by atoms with E-state index in [1.807, 2.05) is 0 Å². The molecule has 1 aromatic carbocycles. The molecule has 0 spiro atoms. The van der Waals surface area contributed by atoms with Crippen LogP contribution in [0.25, 0.3) is 0 Å². The standard InChI is InChI=1S/C15H26O4.C8H9NO2/c16-14-10-8-6-4-2-1-3-5-7-9-11-15(17)19-13-12-18-14;1-11-8(10)6-4-2-3-5-7(6)9/h1-13H2;2-5H,9H2,1H3. The smallest absolute Gasteiger partial charge is 0.339 e. The van der Waals surface area contributed by atoms with E-state index in [1.54, 1.807) is 24.3 Å². The molecule has 0 saturated carbocycles. The lowest BCUT2D eigenvalue weighted by Crippen LogP contribution is -2.13. The molecule has 0 aliphatic carbocycles. The number of anilines is 1. The van der Waals surface area contributed by atoms with Gasteiger partial charge in [-0.1, -0.05) is 57.1 Å². The maximum Gasteiger partial charge on any atom is 0.339 e. The van der Waals surface area contributed by atoms with Gasteiger partial charge in [-0.25, -0.2) is 4.79 Å². The summed E-state index contributed by atoms with van der Waals surface area (Å²) in [6.07, 6.45) is 11.1. The summed E-state index contributed by atoms with van der Waals surface area (Å²) in [5.41, 5.74) is 6.35. The number of cyclic esters (lactones) is 2. The summed E-state index contributed by atoms with van der Waals surface area (Å²) in [6, 6.07) is 6.79. The van der Waals surface area contributed by atoms with Crippen molar-refractivity contribution in [3.63, 3.8) is 0 Å². The Hall–Kier alpha value is -2.57. The number of carbonyl (C=O) groups is 3. The number of hydrogen-bond donors (Lipinski definition) is 1. The number of nitrogens with two attached hydrogens (primary N) is 1. The molecule has 0 unspecified atom stereocenters. The summed E-state index contributed by atoms with van der Waals surface area (Å²) < 4.78 is 14.5. The Morgan fingerprint density at radius 1 is 0.800 bits per heavy atom. The molecule has 0 amide bonds. The number of para-hydroxylation sites is 1. The van der Waals surface area contributed by atoms with Gasteiger partial charge in [-0.2, -0.15) is 0 Å². The van der Waals surface area contributed by atoms with Crippen molar-refractivity contribution in [2.24, 2.45) is 0 Å². The van der Waals surface area contributed by atoms with Gasteiger partial charge in [-0.3, -0.25) is 9.59 Å². The van der Waals surface area contributed by atoms with E-state index in [2.05, 4.69) is 4.74 Å². The second kappa shape index (κ2) is 16.3. The number of benzene rings is 1. The van der Waals surface area contributed by atoms with E-state index in [4.69, 9.17) is 15.2 Å². The third-order valence-electron chi connectivity index (χ3n) is 4.74. The second-order valence-electron chi connectivity index (χ2n) is 7.20. The van der Waals surface area contributed by atoms with Crippen LogP contribution in [-0.4, -0.2) is 38.2 Å². The Kier molecular flexibility index (Phi) is 13.8. The van der Waals surface area contributed by atoms with E-state index in [0.717, 1.165) is 25.7 Å². The van der Waals surface area contributed by atoms with Crippen LogP contribution in [0.3, 0.4) is 0 Å². The minimum absolute atomic E-state index is 0.180. The van der Waals surface area contributed by atoms with Crippen LogP contribution < -0.4 is 5.73 Å². The van der Waals surface area contributed by atoms with E-state index in [0.29, 0.717) is 24.1 Å². The zero-order valence-electron chi connectivity index (χ0n) is 18.0. The van der Waals surface area contributed by atoms with Crippen LogP contribution in [0.15, 0.2) is 24.3 Å². The zero-order valence-corrected chi connectivity index (χ0v) is 18.0. The quantitative estimate of drug-likeness (QED) is 0.406. The number of nitrogen functional groups attached to an aromatic ring is 1. The van der Waals surface area contributed by atoms with Crippen LogP contribution in [0.5, 0.6) is 0 Å². The van der Waals surface area contributed by atoms with Crippen molar-refractivity contribution in [2.75, 3.05) is 26.1 Å². The lowest BCUT2D eigenvalue weighted by atomic mass is 10.1. The van der Waals surface area contributed by atoms with Crippen LogP contribution in [-0.2, 0) is 23.8 Å². The van der Waals surface area contributed by atoms with E-state index in [1.165, 1.54) is 39.2 Å². The highest BCUT2D eigenvalue weighted by molar-refractivity contribution is 5.94. The van der Waals surface area contributed by atoms with Crippen LogP contribution in [0.4, 0.5) is 5.69 Å². The topological polar surface area (TPSA) is 105 Å². The minimum Gasteiger partial charge on any atom is -0.465 e. The molecule has 1 aromatic rings. The summed E-state index contributed by atoms with van der Waals surface area (Å²) in [4.78, 5) is 33.6. The molecular weight excluding hydrogens is 386 g/mol. The molecular formula is C23H35NO6. The average molecular weight is 422 g/mol. The molecule has 2 N–H and O–H groups in total. The van der Waals surface area contributed by atoms with Gasteiger partial charge in [-0.05, 0) is 25.0 Å². The summed E-state index contributed by atoms with van der Waals surface area (Å²) in [6.45, 7) is 0.370. The Morgan fingerprint density at radius 2 is 1.23 bits per heavy atom. The Morgan fingerprint density at radius 3 is 1.67 bits per heavy atom. The third kappa shape index (κ3) is 12.1. The summed E-state index contributed by atoms with van der Waals surface area (Å²) in [5, 5.41) is 0. The predicted octanol–water partition coefficient (Wildman–Crippen LogP) is 4.43. The molecule has 1 fully saturated rings. The van der Waals surface area contributed by atoms with Gasteiger partial charge in [0.1, 0.15) is 13.2 Å². The molecule has 30 heavy (non-hydrogen) atoms. The van der Waals surface area contributed by atoms with Gasteiger partial charge in [-0.15, -0.1) is 0 Å². The number of methoxy groups -OCH3 is 1. The predicted molar refractivity (Wildman–Crippen MR) is 115 cm³/mol. The van der Waals surface area contributed by atoms with E-state index in [9.17, 15) is 14.4 Å². The SMILES string of the molecule is COC(=O)c1ccccc1N.O=C1CCCCCCCCCCCC(=O)OCCO1. The van der Waals surface area contributed by atoms with Crippen LogP contribution in [0.1, 0.15) is 81.0 Å². The van der Waals surface area contributed by atoms with Crippen molar-refractivity contribution in [1.29, 1.82) is 0 Å². The monoisotopic (exact) mass is 421 g/mol. The Labute approximate surface area is 179 Å². The maximum absolute atomic E-state index is 11.3. The van der Waals surface area contributed by atoms with Crippen molar-refractivity contribution in [2.45, 2.75) is 70.6 Å². The fraction of sp³-hybridized carbons (Fsp3) is 0.609. The van der Waals surface area contributed by atoms with E-state index in [-0.39, 0.29) is 25.2 Å². The molecule has 0 bridgehead atoms. The number of ether oxygens (including phenoxy) is 3. The lowest BCUT2D eigenvalue weighted by Gasteiger charge is -2.06. The lowest BCUT2D eigenvalue weighted by molar-refractivity contribution is -0.152. The first-order valence-electron chi connectivity index (χ1n) is 10.8. The first kappa shape index (κ1) is 25.5. The third-order valence-corrected chi connectivity index (χ3v) is 4.74. The number of carbonyl (C=O) groups excluding carboxylic acids is 3. The molecule has 0 radical (unpaired) electrons. The normalized spacial score (nSPS) is 17.4. The summed E-state index contributed by atoms with van der Waals surface area (Å²) in [7, 11) is 1.33. The second-order valence-corrected chi connectivity index (χ2v) is 7.20. The molecule has 0 atom stereocenters. The van der Waals surface area contributed by atoms with Crippen molar-refractivity contribution in [3.05, 3.63) is 29.8 Å². The highest BCUT2D eigenvalue weighted by Crippen LogP contribution is 2.12. The Bertz CT molecular complexity index is 620. The van der Waals surface area contributed by atoms with Gasteiger partial charge >= 0.3 is 17.9 Å². The fourth-order valence-electron chi connectivity index (χ4n) is 3.02. The highest BCUT2D eigenvalue weighted by atomic mass is 16.6. The molecule has 7 nitrogen and oxygen atoms in total. The summed E-state index contributed by atoms with van der Waals surface area (Å²) >= 11 is 0. The van der Waals surface area contributed by atoms with Crippen LogP contribution in [0.2, 0.25) is 0 Å². The van der Waals surface area contributed by atoms with Gasteiger partial charge in [0.25, 0.3) is 0 Å². The molecule has 1 aliphatic heterocycles. The number of esters is 3. The molecule has 7 heteroatoms. The molecule has 1 saturated heterocycles. The first-order chi connectivity index (χ1) is 14.5. The molecule has 1 heterocycles. The maximum atomic E-state index is 11.3. The van der Waals surface area contributed by atoms with Crippen LogP contribution in [0, 0.1) is 0 Å². The number of rotatable bonds is 1. The van der Waals surface area contributed by atoms with Crippen molar-refractivity contribution >= 4 is 23.6 Å². The van der Waals surface area contributed by atoms with Gasteiger partial charge in [0.15, 0.2) is 0 Å². The average Bonchev–Trinajstić information content (AvgIpc) is 2.75.